The van der Waals surface area contributed by atoms with Crippen LogP contribution < -0.4 is 28.4 Å². The molecule has 1 N–H and O–H groups in total. The van der Waals surface area contributed by atoms with Gasteiger partial charge in [-0.2, -0.15) is 0 Å². The van der Waals surface area contributed by atoms with E-state index in [1.165, 1.54) is 25.0 Å². The molecule has 11 heteroatoms. The topological polar surface area (TPSA) is 110 Å². The predicted molar refractivity (Wildman–Crippen MR) is 278 cm³/mol. The van der Waals surface area contributed by atoms with Gasteiger partial charge in [0.05, 0.1) is 33.9 Å². The van der Waals surface area contributed by atoms with Gasteiger partial charge in [-0.25, -0.2) is 8.78 Å². The molecule has 72 heavy (non-hydrogen) atoms. The third-order valence-corrected chi connectivity index (χ3v) is 13.2. The molecular formula is C61H68F2O9. The zero-order chi connectivity index (χ0) is 51.0. The lowest BCUT2D eigenvalue weighted by molar-refractivity contribution is -0.137. The van der Waals surface area contributed by atoms with Crippen molar-refractivity contribution in [3.8, 4) is 56.8 Å². The molecule has 2 fully saturated rings. The van der Waals surface area contributed by atoms with Crippen molar-refractivity contribution in [2.24, 2.45) is 11.8 Å². The largest absolute Gasteiger partial charge is 0.497 e. The number of methoxy groups -OCH3 is 2. The Kier molecular flexibility index (Phi) is 19.1. The van der Waals surface area contributed by atoms with E-state index in [2.05, 4.69) is 26.0 Å². The number of aliphatic carboxylic acids is 1. The van der Waals surface area contributed by atoms with E-state index in [4.69, 9.17) is 28.4 Å². The third-order valence-electron chi connectivity index (χ3n) is 13.2. The average molecular weight is 983 g/mol. The van der Waals surface area contributed by atoms with Gasteiger partial charge in [0.15, 0.2) is 0 Å². The molecule has 8 rings (SSSR count). The number of ketones is 1. The number of halogens is 2. The number of carboxylic acid groups (broad SMARTS) is 1. The Morgan fingerprint density at radius 1 is 0.542 bits per heavy atom. The number of hydrogen-bond acceptors (Lipinski definition) is 8. The summed E-state index contributed by atoms with van der Waals surface area (Å²) in [5.41, 5.74) is 6.20. The van der Waals surface area contributed by atoms with Crippen LogP contribution in [0.1, 0.15) is 119 Å². The Morgan fingerprint density at radius 3 is 1.38 bits per heavy atom. The molecule has 0 bridgehead atoms. The van der Waals surface area contributed by atoms with Gasteiger partial charge in [0.1, 0.15) is 65.1 Å². The van der Waals surface area contributed by atoms with E-state index >= 15 is 0 Å². The number of rotatable bonds is 26. The van der Waals surface area contributed by atoms with E-state index in [0.29, 0.717) is 95.7 Å². The number of carbonyl (C=O) groups excluding carboxylic acids is 1. The standard InChI is InChI=1S/C31H35FO4.C30H33FO5/c1-4-5-15-35-31-17-22(9-13-27(31)29-19-25(34-3)12-14-30(29)32)20-36-26-8-6-7-24(18-26)28(16-21(2)33)23-10-11-23;1-3-4-14-35-29-15-20(8-12-25(29)27-17-23(34-2)11-13-28(27)31)19-36-24-7-5-6-22(16-24)26(18-30(32)33)21-9-10-21/h6-9,12-14,17-19,23,28H,4-5,10-11,15-16,20H2,1-3H3;5-8,11-13,15-17,21,26H,3-4,9-10,14,18-19H2,1-2H3,(H,32,33)/t28-;26-/m01/s1. The zero-order valence-corrected chi connectivity index (χ0v) is 42.2. The summed E-state index contributed by atoms with van der Waals surface area (Å²) in [5, 5.41) is 9.32. The van der Waals surface area contributed by atoms with Crippen molar-refractivity contribution in [2.45, 2.75) is 110 Å². The van der Waals surface area contributed by atoms with Crippen LogP contribution >= 0.6 is 0 Å². The molecule has 0 unspecified atom stereocenters. The molecule has 380 valence electrons. The number of hydrogen-bond donors (Lipinski definition) is 1. The van der Waals surface area contributed by atoms with Gasteiger partial charge in [0.25, 0.3) is 0 Å². The van der Waals surface area contributed by atoms with E-state index in [1.807, 2.05) is 72.8 Å². The summed E-state index contributed by atoms with van der Waals surface area (Å²) < 4.78 is 64.4. The van der Waals surface area contributed by atoms with Crippen molar-refractivity contribution < 1.29 is 51.9 Å². The first-order valence-corrected chi connectivity index (χ1v) is 25.3. The maximum atomic E-state index is 14.7. The highest BCUT2D eigenvalue weighted by atomic mass is 19.1. The second-order valence-corrected chi connectivity index (χ2v) is 18.9. The van der Waals surface area contributed by atoms with Crippen molar-refractivity contribution in [1.29, 1.82) is 0 Å². The second kappa shape index (κ2) is 26.0. The van der Waals surface area contributed by atoms with Crippen molar-refractivity contribution in [2.75, 3.05) is 27.4 Å². The normalized spacial score (nSPS) is 13.8. The third kappa shape index (κ3) is 15.1. The van der Waals surface area contributed by atoms with Gasteiger partial charge in [0.2, 0.25) is 0 Å². The molecule has 0 radical (unpaired) electrons. The summed E-state index contributed by atoms with van der Waals surface area (Å²) in [6.07, 6.45) is 9.03. The second-order valence-electron chi connectivity index (χ2n) is 18.9. The van der Waals surface area contributed by atoms with Gasteiger partial charge < -0.3 is 38.3 Å². The van der Waals surface area contributed by atoms with E-state index in [1.54, 1.807) is 45.4 Å². The molecule has 6 aromatic rings. The van der Waals surface area contributed by atoms with Crippen molar-refractivity contribution in [3.63, 3.8) is 0 Å². The summed E-state index contributed by atoms with van der Waals surface area (Å²) in [6, 6.07) is 36.6. The molecule has 0 amide bonds. The number of ether oxygens (including phenoxy) is 6. The predicted octanol–water partition coefficient (Wildman–Crippen LogP) is 15.0. The molecule has 9 nitrogen and oxygen atoms in total. The van der Waals surface area contributed by atoms with E-state index < -0.39 is 5.97 Å². The number of carboxylic acids is 1. The summed E-state index contributed by atoms with van der Waals surface area (Å²) in [7, 11) is 3.12. The average Bonchev–Trinajstić information content (AvgIpc) is 4.34. The Labute approximate surface area is 423 Å². The van der Waals surface area contributed by atoms with Gasteiger partial charge >= 0.3 is 5.97 Å². The van der Waals surface area contributed by atoms with Gasteiger partial charge in [0, 0.05) is 28.7 Å². The minimum atomic E-state index is -0.776. The fourth-order valence-corrected chi connectivity index (χ4v) is 8.94. The Morgan fingerprint density at radius 2 is 0.986 bits per heavy atom. The van der Waals surface area contributed by atoms with Crippen molar-refractivity contribution >= 4 is 11.8 Å². The lowest BCUT2D eigenvalue weighted by Crippen LogP contribution is -2.08. The number of benzene rings is 6. The SMILES string of the molecule is CCCCOc1cc(COc2cccc([C@@H](CC(C)=O)C3CC3)c2)ccc1-c1cc(OC)ccc1F.CCCCOc1cc(COc2cccc([C@H](CC(=O)O)C3CC3)c2)ccc1-c1cc(OC)ccc1F. The van der Waals surface area contributed by atoms with E-state index in [-0.39, 0.29) is 35.7 Å². The molecule has 6 aromatic carbocycles. The lowest BCUT2D eigenvalue weighted by atomic mass is 9.89. The summed E-state index contributed by atoms with van der Waals surface area (Å²) in [5.74, 6) is 3.94. The summed E-state index contributed by atoms with van der Waals surface area (Å²) >= 11 is 0. The fraction of sp³-hybridized carbons (Fsp3) is 0.377. The number of Topliss-reactive ketones (excluding diaryl/α,β-unsaturated/α-hetero) is 1. The zero-order valence-electron chi connectivity index (χ0n) is 42.2. The molecule has 2 aliphatic rings. The molecule has 0 aromatic heterocycles. The monoisotopic (exact) mass is 982 g/mol. The minimum absolute atomic E-state index is 0.0154. The first kappa shape index (κ1) is 52.9. The highest BCUT2D eigenvalue weighted by Gasteiger charge is 2.34. The number of unbranched alkanes of at least 4 members (excludes halogenated alkanes) is 2. The van der Waals surface area contributed by atoms with Crippen LogP contribution in [-0.2, 0) is 22.8 Å². The molecule has 0 saturated heterocycles. The Balaban J connectivity index is 0.000000211. The van der Waals surface area contributed by atoms with Crippen molar-refractivity contribution in [1.82, 2.24) is 0 Å². The molecule has 2 saturated carbocycles. The summed E-state index contributed by atoms with van der Waals surface area (Å²) in [4.78, 5) is 23.1. The maximum absolute atomic E-state index is 14.7. The van der Waals surface area contributed by atoms with Gasteiger partial charge in [-0.15, -0.1) is 0 Å². The molecule has 2 aliphatic carbocycles. The Bertz CT molecular complexity index is 2560. The number of carbonyl (C=O) groups is 2. The van der Waals surface area contributed by atoms with Gasteiger partial charge in [-0.3, -0.25) is 4.79 Å². The highest BCUT2D eigenvalue weighted by Crippen LogP contribution is 2.46. The van der Waals surface area contributed by atoms with Crippen LogP contribution in [0.25, 0.3) is 22.3 Å². The lowest BCUT2D eigenvalue weighted by Gasteiger charge is -2.17. The van der Waals surface area contributed by atoms with Crippen LogP contribution in [0.5, 0.6) is 34.5 Å². The van der Waals surface area contributed by atoms with Crippen LogP contribution in [0.4, 0.5) is 8.78 Å². The smallest absolute Gasteiger partial charge is 0.303 e. The van der Waals surface area contributed by atoms with Gasteiger partial charge in [-0.1, -0.05) is 75.2 Å². The van der Waals surface area contributed by atoms with E-state index in [0.717, 1.165) is 66.5 Å². The maximum Gasteiger partial charge on any atom is 0.303 e. The summed E-state index contributed by atoms with van der Waals surface area (Å²) in [6.45, 7) is 7.62. The molecule has 2 atom stereocenters. The Hall–Kier alpha value is -6.88. The molecule has 0 aliphatic heterocycles. The molecular weight excluding hydrogens is 915 g/mol. The molecule has 0 heterocycles. The van der Waals surface area contributed by atoms with E-state index in [9.17, 15) is 23.5 Å². The van der Waals surface area contributed by atoms with Gasteiger partial charge in [-0.05, 0) is 164 Å². The van der Waals surface area contributed by atoms with Crippen LogP contribution in [0, 0.1) is 23.5 Å². The van der Waals surface area contributed by atoms with Crippen LogP contribution in [-0.4, -0.2) is 44.3 Å². The first-order valence-electron chi connectivity index (χ1n) is 25.3. The molecule has 0 spiro atoms. The first-order chi connectivity index (χ1) is 35.0. The van der Waals surface area contributed by atoms with Crippen LogP contribution in [0.2, 0.25) is 0 Å². The van der Waals surface area contributed by atoms with Crippen molar-refractivity contribution in [3.05, 3.63) is 155 Å². The van der Waals surface area contributed by atoms with Crippen LogP contribution in [0.15, 0.2) is 121 Å². The quantitative estimate of drug-likeness (QED) is 0.0531. The minimum Gasteiger partial charge on any atom is -0.497 e. The van der Waals surface area contributed by atoms with Crippen LogP contribution in [0.3, 0.4) is 0 Å². The fourth-order valence-electron chi connectivity index (χ4n) is 8.94. The highest BCUT2D eigenvalue weighted by molar-refractivity contribution is 5.77.